The average Bonchev–Trinajstić information content (AvgIpc) is 2.84. The van der Waals surface area contributed by atoms with E-state index in [2.05, 4.69) is 9.71 Å². The topological polar surface area (TPSA) is 94.3 Å². The number of thiazole rings is 1. The van der Waals surface area contributed by atoms with Crippen molar-refractivity contribution in [2.75, 3.05) is 12.8 Å². The normalized spacial score (nSPS) is 13.1. The highest BCUT2D eigenvalue weighted by Gasteiger charge is 2.23. The molecule has 1 aromatic heterocycles. The molecule has 3 N–H and O–H groups in total. The zero-order valence-corrected chi connectivity index (χ0v) is 13.6. The second-order valence-electron chi connectivity index (χ2n) is 4.58. The number of nitrogens with zero attached hydrogens (tertiary/aromatic N) is 1. The minimum atomic E-state index is -3.72. The van der Waals surface area contributed by atoms with Crippen LogP contribution in [0.15, 0.2) is 28.5 Å². The van der Waals surface area contributed by atoms with Crippen molar-refractivity contribution in [3.8, 4) is 5.75 Å². The molecular formula is C13H17N3O3S2. The highest BCUT2D eigenvalue weighted by Crippen LogP contribution is 2.28. The van der Waals surface area contributed by atoms with Gasteiger partial charge in [0.25, 0.3) is 0 Å². The Morgan fingerprint density at radius 2 is 2.14 bits per heavy atom. The molecule has 2 rings (SSSR count). The largest absolute Gasteiger partial charge is 0.495 e. The molecule has 0 amide bonds. The average molecular weight is 327 g/mol. The van der Waals surface area contributed by atoms with Crippen LogP contribution in [0.25, 0.3) is 0 Å². The molecule has 0 fully saturated rings. The van der Waals surface area contributed by atoms with E-state index >= 15 is 0 Å². The van der Waals surface area contributed by atoms with Crippen LogP contribution in [0, 0.1) is 6.92 Å². The molecule has 0 saturated carbocycles. The third-order valence-electron chi connectivity index (χ3n) is 2.82. The second kappa shape index (κ2) is 6.00. The number of hydrogen-bond donors (Lipinski definition) is 2. The molecule has 1 atom stereocenters. The van der Waals surface area contributed by atoms with Crippen molar-refractivity contribution >= 4 is 27.0 Å². The lowest BCUT2D eigenvalue weighted by molar-refractivity contribution is 0.402. The van der Waals surface area contributed by atoms with Gasteiger partial charge >= 0.3 is 0 Å². The van der Waals surface area contributed by atoms with Gasteiger partial charge in [-0.2, -0.15) is 0 Å². The van der Waals surface area contributed by atoms with Crippen molar-refractivity contribution < 1.29 is 13.2 Å². The van der Waals surface area contributed by atoms with Crippen molar-refractivity contribution in [3.05, 3.63) is 34.3 Å². The summed E-state index contributed by atoms with van der Waals surface area (Å²) in [5.74, 6) is 0.213. The zero-order valence-electron chi connectivity index (χ0n) is 12.0. The summed E-state index contributed by atoms with van der Waals surface area (Å²) in [7, 11) is -2.32. The summed E-state index contributed by atoms with van der Waals surface area (Å²) < 4.78 is 32.6. The van der Waals surface area contributed by atoms with Gasteiger partial charge in [-0.15, -0.1) is 11.3 Å². The Bertz CT molecular complexity index is 741. The van der Waals surface area contributed by atoms with Crippen LogP contribution in [0.4, 0.5) is 5.69 Å². The maximum Gasteiger partial charge on any atom is 0.244 e. The van der Waals surface area contributed by atoms with E-state index in [1.54, 1.807) is 6.92 Å². The summed E-state index contributed by atoms with van der Waals surface area (Å²) >= 11 is 1.42. The lowest BCUT2D eigenvalue weighted by Crippen LogP contribution is -2.27. The van der Waals surface area contributed by atoms with Crippen LogP contribution < -0.4 is 15.2 Å². The van der Waals surface area contributed by atoms with Gasteiger partial charge in [-0.25, -0.2) is 18.1 Å². The lowest BCUT2D eigenvalue weighted by atomic mass is 10.3. The molecule has 0 aliphatic rings. The molecule has 1 unspecified atom stereocenters. The number of nitrogen functional groups attached to an aromatic ring is 1. The maximum absolute atomic E-state index is 12.5. The smallest absolute Gasteiger partial charge is 0.244 e. The number of methoxy groups -OCH3 is 1. The van der Waals surface area contributed by atoms with Crippen molar-refractivity contribution in [2.45, 2.75) is 24.8 Å². The number of hydrogen-bond acceptors (Lipinski definition) is 6. The van der Waals surface area contributed by atoms with Gasteiger partial charge in [0, 0.05) is 22.8 Å². The van der Waals surface area contributed by atoms with Crippen molar-refractivity contribution in [1.82, 2.24) is 9.71 Å². The number of nitrogens with two attached hydrogens (primary N) is 1. The van der Waals surface area contributed by atoms with Crippen LogP contribution in [-0.4, -0.2) is 20.5 Å². The first-order valence-electron chi connectivity index (χ1n) is 6.21. The van der Waals surface area contributed by atoms with Crippen LogP contribution >= 0.6 is 11.3 Å². The predicted octanol–water partition coefficient (Wildman–Crippen LogP) is 2.08. The minimum absolute atomic E-state index is 0.0549. The standard InChI is InChI=1S/C13H17N3O3S2/c1-8-7-20-13(15-8)9(2)16-21(17,18)12-5-4-10(14)6-11(12)19-3/h4-7,9,16H,14H2,1-3H3. The molecular weight excluding hydrogens is 310 g/mol. The Hall–Kier alpha value is -1.64. The summed E-state index contributed by atoms with van der Waals surface area (Å²) in [5.41, 5.74) is 6.94. The van der Waals surface area contributed by atoms with Gasteiger partial charge in [0.15, 0.2) is 0 Å². The van der Waals surface area contributed by atoms with Crippen molar-refractivity contribution in [3.63, 3.8) is 0 Å². The van der Waals surface area contributed by atoms with Gasteiger partial charge in [-0.05, 0) is 26.0 Å². The summed E-state index contributed by atoms with van der Waals surface area (Å²) in [4.78, 5) is 4.34. The molecule has 0 radical (unpaired) electrons. The third-order valence-corrected chi connectivity index (χ3v) is 5.54. The third kappa shape index (κ3) is 3.52. The number of nitrogens with one attached hydrogen (secondary N) is 1. The number of rotatable bonds is 5. The van der Waals surface area contributed by atoms with E-state index in [0.29, 0.717) is 10.7 Å². The molecule has 21 heavy (non-hydrogen) atoms. The SMILES string of the molecule is COc1cc(N)ccc1S(=O)(=O)NC(C)c1nc(C)cs1. The summed E-state index contributed by atoms with van der Waals surface area (Å²) in [6.07, 6.45) is 0. The molecule has 1 aromatic carbocycles. The van der Waals surface area contributed by atoms with Gasteiger partial charge in [-0.1, -0.05) is 0 Å². The molecule has 114 valence electrons. The fourth-order valence-electron chi connectivity index (χ4n) is 1.82. The molecule has 0 bridgehead atoms. The van der Waals surface area contributed by atoms with Gasteiger partial charge in [0.1, 0.15) is 15.7 Å². The molecule has 2 aromatic rings. The van der Waals surface area contributed by atoms with Gasteiger partial charge in [-0.3, -0.25) is 0 Å². The first-order chi connectivity index (χ1) is 9.83. The van der Waals surface area contributed by atoms with E-state index in [1.807, 2.05) is 12.3 Å². The monoisotopic (exact) mass is 327 g/mol. The van der Waals surface area contributed by atoms with E-state index in [0.717, 1.165) is 5.69 Å². The number of aryl methyl sites for hydroxylation is 1. The highest BCUT2D eigenvalue weighted by atomic mass is 32.2. The van der Waals surface area contributed by atoms with Crippen LogP contribution in [-0.2, 0) is 10.0 Å². The Morgan fingerprint density at radius 1 is 1.43 bits per heavy atom. The zero-order chi connectivity index (χ0) is 15.6. The summed E-state index contributed by atoms with van der Waals surface area (Å²) in [6, 6.07) is 4.01. The Balaban J connectivity index is 2.30. The first kappa shape index (κ1) is 15.7. The molecule has 0 aliphatic carbocycles. The van der Waals surface area contributed by atoms with E-state index in [-0.39, 0.29) is 10.6 Å². The van der Waals surface area contributed by atoms with Crippen LogP contribution in [0.5, 0.6) is 5.75 Å². The number of aromatic nitrogens is 1. The molecule has 1 heterocycles. The predicted molar refractivity (Wildman–Crippen MR) is 83.0 cm³/mol. The first-order valence-corrected chi connectivity index (χ1v) is 8.57. The Kier molecular flexibility index (Phi) is 4.50. The quantitative estimate of drug-likeness (QED) is 0.820. The number of benzene rings is 1. The van der Waals surface area contributed by atoms with Crippen LogP contribution in [0.1, 0.15) is 23.7 Å². The minimum Gasteiger partial charge on any atom is -0.495 e. The summed E-state index contributed by atoms with van der Waals surface area (Å²) in [6.45, 7) is 3.61. The van der Waals surface area contributed by atoms with E-state index in [4.69, 9.17) is 10.5 Å². The van der Waals surface area contributed by atoms with E-state index in [1.165, 1.54) is 36.6 Å². The fraction of sp³-hybridized carbons (Fsp3) is 0.308. The van der Waals surface area contributed by atoms with E-state index < -0.39 is 16.1 Å². The molecule has 0 aliphatic heterocycles. The van der Waals surface area contributed by atoms with Gasteiger partial charge < -0.3 is 10.5 Å². The fourth-order valence-corrected chi connectivity index (χ4v) is 4.06. The highest BCUT2D eigenvalue weighted by molar-refractivity contribution is 7.89. The lowest BCUT2D eigenvalue weighted by Gasteiger charge is -2.14. The Labute approximate surface area is 128 Å². The molecule has 0 saturated heterocycles. The van der Waals surface area contributed by atoms with Crippen molar-refractivity contribution in [2.24, 2.45) is 0 Å². The maximum atomic E-state index is 12.5. The Morgan fingerprint density at radius 3 is 2.71 bits per heavy atom. The van der Waals surface area contributed by atoms with Crippen LogP contribution in [0.2, 0.25) is 0 Å². The second-order valence-corrected chi connectivity index (χ2v) is 7.15. The van der Waals surface area contributed by atoms with Gasteiger partial charge in [0.05, 0.1) is 13.2 Å². The number of ether oxygens (including phenoxy) is 1. The van der Waals surface area contributed by atoms with Gasteiger partial charge in [0.2, 0.25) is 10.0 Å². The van der Waals surface area contributed by atoms with Crippen molar-refractivity contribution in [1.29, 1.82) is 0 Å². The summed E-state index contributed by atoms with van der Waals surface area (Å²) in [5, 5.41) is 2.59. The number of anilines is 1. The van der Waals surface area contributed by atoms with Crippen LogP contribution in [0.3, 0.4) is 0 Å². The van der Waals surface area contributed by atoms with E-state index in [9.17, 15) is 8.42 Å². The molecule has 8 heteroatoms. The molecule has 0 spiro atoms. The molecule has 6 nitrogen and oxygen atoms in total. The number of sulfonamides is 1.